The molecule has 1 aromatic heterocycles. The number of carbonyl (C=O) groups is 1. The predicted molar refractivity (Wildman–Crippen MR) is 152 cm³/mol. The molecule has 0 spiro atoms. The van der Waals surface area contributed by atoms with Crippen molar-refractivity contribution in [2.75, 3.05) is 24.8 Å². The van der Waals surface area contributed by atoms with Crippen LogP contribution in [0.25, 0.3) is 6.08 Å². The number of pyridine rings is 1. The highest BCUT2D eigenvalue weighted by molar-refractivity contribution is 8.26. The summed E-state index contributed by atoms with van der Waals surface area (Å²) in [4.78, 5) is 31.2. The van der Waals surface area contributed by atoms with Crippen molar-refractivity contribution in [3.8, 4) is 17.6 Å². The maximum atomic E-state index is 13.6. The van der Waals surface area contributed by atoms with Gasteiger partial charge in [-0.3, -0.25) is 19.1 Å². The molecule has 0 bridgehead atoms. The van der Waals surface area contributed by atoms with Crippen LogP contribution in [-0.4, -0.2) is 39.6 Å². The lowest BCUT2D eigenvalue weighted by molar-refractivity contribution is -0.122. The third-order valence-electron chi connectivity index (χ3n) is 7.26. The number of amides is 1. The minimum atomic E-state index is -0.291. The molecule has 2 aromatic rings. The minimum Gasteiger partial charge on any atom is -0.454 e. The lowest BCUT2D eigenvalue weighted by Gasteiger charge is -2.38. The fraction of sp³-hybridized carbons (Fsp3) is 0.429. The number of ether oxygens (including phenoxy) is 2. The number of thioether (sulfide) groups is 1. The van der Waals surface area contributed by atoms with E-state index >= 15 is 0 Å². The van der Waals surface area contributed by atoms with Gasteiger partial charge in [0.15, 0.2) is 11.5 Å². The molecule has 0 aliphatic carbocycles. The van der Waals surface area contributed by atoms with Gasteiger partial charge >= 0.3 is 0 Å². The highest BCUT2D eigenvalue weighted by atomic mass is 32.2. The summed E-state index contributed by atoms with van der Waals surface area (Å²) in [5.41, 5.74) is 2.01. The Morgan fingerprint density at radius 3 is 2.58 bits per heavy atom. The molecule has 198 valence electrons. The molecule has 1 aromatic carbocycles. The Morgan fingerprint density at radius 2 is 1.89 bits per heavy atom. The minimum absolute atomic E-state index is 0.107. The summed E-state index contributed by atoms with van der Waals surface area (Å²) in [5, 5.41) is 9.84. The first-order valence-corrected chi connectivity index (χ1v) is 14.0. The molecule has 3 aliphatic rings. The maximum Gasteiger partial charge on any atom is 0.270 e. The number of nitrogens with zero attached hydrogens (tertiary/aromatic N) is 4. The molecule has 1 amide bonds. The van der Waals surface area contributed by atoms with E-state index in [0.29, 0.717) is 51.2 Å². The van der Waals surface area contributed by atoms with Gasteiger partial charge in [0.1, 0.15) is 21.8 Å². The Balaban J connectivity index is 1.56. The Bertz CT molecular complexity index is 1450. The second-order valence-electron chi connectivity index (χ2n) is 10.2. The van der Waals surface area contributed by atoms with Crippen LogP contribution in [0, 0.1) is 30.1 Å². The standard InChI is InChI=1S/C28H30N4O4S2/c1-5-31-25(30-12-16(2)8-17(3)13-30)20(18(4)21(11-29)26(31)33)10-24-27(34)32(28(37)38-24)14-19-6-7-22-23(9-19)36-15-35-22/h6-7,9-10,16-17H,5,8,12-15H2,1-4H3/b24-10-. The number of aromatic nitrogens is 1. The van der Waals surface area contributed by atoms with E-state index in [1.807, 2.05) is 31.2 Å². The van der Waals surface area contributed by atoms with Crippen LogP contribution in [0.1, 0.15) is 49.4 Å². The predicted octanol–water partition coefficient (Wildman–Crippen LogP) is 4.66. The zero-order valence-corrected chi connectivity index (χ0v) is 23.6. The van der Waals surface area contributed by atoms with E-state index in [9.17, 15) is 14.9 Å². The molecule has 2 atom stereocenters. The van der Waals surface area contributed by atoms with Crippen molar-refractivity contribution in [3.63, 3.8) is 0 Å². The van der Waals surface area contributed by atoms with Gasteiger partial charge in [0.2, 0.25) is 6.79 Å². The second-order valence-corrected chi connectivity index (χ2v) is 11.9. The van der Waals surface area contributed by atoms with Crippen molar-refractivity contribution in [1.29, 1.82) is 5.26 Å². The van der Waals surface area contributed by atoms with Gasteiger partial charge in [0.25, 0.3) is 11.5 Å². The molecule has 0 N–H and O–H groups in total. The SMILES string of the molecule is CCn1c(N2CC(C)CC(C)C2)c(/C=C2\SC(=S)N(Cc3ccc4c(c3)OCO4)C2=O)c(C)c(C#N)c1=O. The quantitative estimate of drug-likeness (QED) is 0.392. The Hall–Kier alpha value is -3.29. The van der Waals surface area contributed by atoms with E-state index in [1.54, 1.807) is 16.4 Å². The number of thiocarbonyl (C=S) groups is 1. The zero-order valence-electron chi connectivity index (χ0n) is 21.9. The van der Waals surface area contributed by atoms with Crippen LogP contribution in [0.3, 0.4) is 0 Å². The van der Waals surface area contributed by atoms with Crippen molar-refractivity contribution in [1.82, 2.24) is 9.47 Å². The van der Waals surface area contributed by atoms with Gasteiger partial charge in [-0.1, -0.05) is 43.9 Å². The Morgan fingerprint density at radius 1 is 1.18 bits per heavy atom. The Kier molecular flexibility index (Phi) is 7.25. The van der Waals surface area contributed by atoms with E-state index in [2.05, 4.69) is 24.8 Å². The third-order valence-corrected chi connectivity index (χ3v) is 8.64. The first-order chi connectivity index (χ1) is 18.2. The lowest BCUT2D eigenvalue weighted by Crippen LogP contribution is -2.42. The van der Waals surface area contributed by atoms with Crippen LogP contribution >= 0.6 is 24.0 Å². The number of carbonyl (C=O) groups excluding carboxylic acids is 1. The summed E-state index contributed by atoms with van der Waals surface area (Å²) in [7, 11) is 0. The van der Waals surface area contributed by atoms with Crippen LogP contribution < -0.4 is 19.9 Å². The van der Waals surface area contributed by atoms with Crippen molar-refractivity contribution < 1.29 is 14.3 Å². The molecule has 2 saturated heterocycles. The molecule has 10 heteroatoms. The first kappa shape index (κ1) is 26.3. The van der Waals surface area contributed by atoms with Crippen molar-refractivity contribution in [2.45, 2.75) is 47.2 Å². The first-order valence-electron chi connectivity index (χ1n) is 12.8. The van der Waals surface area contributed by atoms with Gasteiger partial charge in [0, 0.05) is 25.2 Å². The monoisotopic (exact) mass is 550 g/mol. The average molecular weight is 551 g/mol. The van der Waals surface area contributed by atoms with Gasteiger partial charge in [-0.25, -0.2) is 0 Å². The molecule has 38 heavy (non-hydrogen) atoms. The summed E-state index contributed by atoms with van der Waals surface area (Å²) in [6.07, 6.45) is 2.94. The summed E-state index contributed by atoms with van der Waals surface area (Å²) < 4.78 is 13.0. The van der Waals surface area contributed by atoms with E-state index in [0.717, 1.165) is 36.5 Å². The number of hydrogen-bond acceptors (Lipinski definition) is 8. The third kappa shape index (κ3) is 4.69. The largest absolute Gasteiger partial charge is 0.454 e. The molecule has 4 heterocycles. The Labute approximate surface area is 231 Å². The lowest BCUT2D eigenvalue weighted by atomic mass is 9.91. The second kappa shape index (κ2) is 10.5. The highest BCUT2D eigenvalue weighted by Crippen LogP contribution is 2.39. The van der Waals surface area contributed by atoms with Crippen molar-refractivity contribution in [3.05, 3.63) is 55.7 Å². The van der Waals surface area contributed by atoms with Crippen LogP contribution in [-0.2, 0) is 17.9 Å². The number of benzene rings is 1. The van der Waals surface area contributed by atoms with Gasteiger partial charge in [-0.05, 0) is 61.4 Å². The number of hydrogen-bond donors (Lipinski definition) is 0. The summed E-state index contributed by atoms with van der Waals surface area (Å²) in [5.74, 6) is 2.83. The van der Waals surface area contributed by atoms with Crippen LogP contribution in [0.2, 0.25) is 0 Å². The number of rotatable bonds is 5. The highest BCUT2D eigenvalue weighted by Gasteiger charge is 2.34. The fourth-order valence-electron chi connectivity index (χ4n) is 5.60. The van der Waals surface area contributed by atoms with E-state index in [4.69, 9.17) is 21.7 Å². The average Bonchev–Trinajstić information content (AvgIpc) is 3.44. The van der Waals surface area contributed by atoms with Gasteiger partial charge in [-0.2, -0.15) is 5.26 Å². The molecular formula is C28H30N4O4S2. The van der Waals surface area contributed by atoms with Crippen molar-refractivity contribution >= 4 is 46.1 Å². The topological polar surface area (TPSA) is 87.8 Å². The van der Waals surface area contributed by atoms with Crippen LogP contribution in [0.15, 0.2) is 27.9 Å². The number of nitriles is 1. The molecule has 0 saturated carbocycles. The maximum absolute atomic E-state index is 13.6. The van der Waals surface area contributed by atoms with Gasteiger partial charge < -0.3 is 14.4 Å². The molecule has 2 fully saturated rings. The summed E-state index contributed by atoms with van der Waals surface area (Å²) in [6, 6.07) is 7.69. The van der Waals surface area contributed by atoms with Gasteiger partial charge in [-0.15, -0.1) is 0 Å². The molecule has 0 radical (unpaired) electrons. The molecule has 2 unspecified atom stereocenters. The van der Waals surface area contributed by atoms with Crippen molar-refractivity contribution in [2.24, 2.45) is 11.8 Å². The number of anilines is 1. The smallest absolute Gasteiger partial charge is 0.270 e. The van der Waals surface area contributed by atoms with Gasteiger partial charge in [0.05, 0.1) is 11.4 Å². The normalized spacial score (nSPS) is 21.9. The van der Waals surface area contributed by atoms with Crippen LogP contribution in [0.4, 0.5) is 5.82 Å². The van der Waals surface area contributed by atoms with E-state index < -0.39 is 0 Å². The fourth-order valence-corrected chi connectivity index (χ4v) is 6.84. The molecular weight excluding hydrogens is 520 g/mol. The van der Waals surface area contributed by atoms with Crippen LogP contribution in [0.5, 0.6) is 11.5 Å². The molecule has 8 nitrogen and oxygen atoms in total. The molecule has 3 aliphatic heterocycles. The summed E-state index contributed by atoms with van der Waals surface area (Å²) >= 11 is 6.84. The number of piperidine rings is 1. The number of fused-ring (bicyclic) bond motifs is 1. The molecule has 5 rings (SSSR count). The zero-order chi connectivity index (χ0) is 27.1. The van der Waals surface area contributed by atoms with E-state index in [-0.39, 0.29) is 23.8 Å². The summed E-state index contributed by atoms with van der Waals surface area (Å²) in [6.45, 7) is 10.7. The van der Waals surface area contributed by atoms with E-state index in [1.165, 1.54) is 11.8 Å².